The van der Waals surface area contributed by atoms with Gasteiger partial charge in [0.25, 0.3) is 0 Å². The Hall–Kier alpha value is -0.650. The highest BCUT2D eigenvalue weighted by Gasteiger charge is 2.53. The summed E-state index contributed by atoms with van der Waals surface area (Å²) >= 11 is 6.24. The van der Waals surface area contributed by atoms with E-state index >= 15 is 0 Å². The van der Waals surface area contributed by atoms with Crippen LogP contribution in [0, 0.1) is 0 Å². The molecular weight excluding hydrogens is 334 g/mol. The number of hydrogen-bond donors (Lipinski definition) is 2. The monoisotopic (exact) mass is 363 g/mol. The molecule has 25 heavy (non-hydrogen) atoms. The van der Waals surface area contributed by atoms with E-state index in [-0.39, 0.29) is 11.8 Å². The zero-order valence-electron chi connectivity index (χ0n) is 15.0. The molecule has 0 aromatic heterocycles. The van der Waals surface area contributed by atoms with Crippen molar-refractivity contribution >= 4 is 11.6 Å². The Morgan fingerprint density at radius 1 is 1.16 bits per heavy atom. The molecule has 5 heteroatoms. The van der Waals surface area contributed by atoms with Gasteiger partial charge in [-0.2, -0.15) is 0 Å². The number of nitrogens with zero attached hydrogens (tertiary/aromatic N) is 1. The van der Waals surface area contributed by atoms with Crippen molar-refractivity contribution in [3.63, 3.8) is 0 Å². The molecule has 0 bridgehead atoms. The van der Waals surface area contributed by atoms with Crippen LogP contribution in [0.15, 0.2) is 24.3 Å². The van der Waals surface area contributed by atoms with Gasteiger partial charge in [-0.25, -0.2) is 5.01 Å². The van der Waals surface area contributed by atoms with E-state index in [1.165, 1.54) is 50.5 Å². The number of hydrazine groups is 1. The van der Waals surface area contributed by atoms with Crippen molar-refractivity contribution in [2.45, 2.75) is 69.2 Å². The van der Waals surface area contributed by atoms with Gasteiger partial charge in [0.05, 0.1) is 6.61 Å². The maximum absolute atomic E-state index is 6.24. The Balaban J connectivity index is 1.49. The number of ether oxygens (including phenoxy) is 1. The van der Waals surface area contributed by atoms with Crippen LogP contribution in [0.5, 0.6) is 0 Å². The summed E-state index contributed by atoms with van der Waals surface area (Å²) in [5.41, 5.74) is 4.89. The molecule has 2 aliphatic heterocycles. The summed E-state index contributed by atoms with van der Waals surface area (Å²) in [5.74, 6) is 0. The molecule has 138 valence electrons. The van der Waals surface area contributed by atoms with Crippen molar-refractivity contribution in [3.05, 3.63) is 34.9 Å². The van der Waals surface area contributed by atoms with Gasteiger partial charge in [-0.15, -0.1) is 0 Å². The minimum atomic E-state index is -0.134. The van der Waals surface area contributed by atoms with E-state index in [0.717, 1.165) is 31.1 Å². The standard InChI is InChI=1S/C20H30ClN3O/c21-17-8-6-7-16(15-17)19-20(22-12-14-25-19)11-13-24(20)23-18-9-4-2-1-3-5-10-18/h6-8,15,18-19,22-23H,1-5,9-14H2. The maximum Gasteiger partial charge on any atom is 0.117 e. The third-order valence-corrected chi connectivity index (χ3v) is 6.28. The fourth-order valence-corrected chi connectivity index (χ4v) is 4.82. The number of rotatable bonds is 3. The summed E-state index contributed by atoms with van der Waals surface area (Å²) in [5, 5.41) is 6.96. The summed E-state index contributed by atoms with van der Waals surface area (Å²) in [4.78, 5) is 0. The highest BCUT2D eigenvalue weighted by atomic mass is 35.5. The molecule has 1 spiro atoms. The van der Waals surface area contributed by atoms with Crippen LogP contribution < -0.4 is 10.7 Å². The molecule has 2 saturated heterocycles. The summed E-state index contributed by atoms with van der Waals surface area (Å²) in [7, 11) is 0. The minimum Gasteiger partial charge on any atom is -0.369 e. The average molecular weight is 364 g/mol. The van der Waals surface area contributed by atoms with Crippen LogP contribution in [-0.2, 0) is 4.74 Å². The van der Waals surface area contributed by atoms with Gasteiger partial charge < -0.3 is 4.74 Å². The Kier molecular flexibility index (Phi) is 5.63. The van der Waals surface area contributed by atoms with Gasteiger partial charge in [0.1, 0.15) is 11.8 Å². The molecule has 3 fully saturated rings. The second-order valence-electron chi connectivity index (χ2n) is 7.73. The number of nitrogens with one attached hydrogen (secondary N) is 2. The molecule has 2 N–H and O–H groups in total. The second-order valence-corrected chi connectivity index (χ2v) is 8.17. The first-order valence-electron chi connectivity index (χ1n) is 9.94. The molecular formula is C20H30ClN3O. The van der Waals surface area contributed by atoms with E-state index in [0.29, 0.717) is 6.04 Å². The van der Waals surface area contributed by atoms with Crippen molar-refractivity contribution in [2.75, 3.05) is 19.7 Å². The number of halogens is 1. The van der Waals surface area contributed by atoms with Gasteiger partial charge in [-0.05, 0) is 37.0 Å². The molecule has 3 aliphatic rings. The maximum atomic E-state index is 6.24. The zero-order valence-corrected chi connectivity index (χ0v) is 15.7. The zero-order chi connectivity index (χ0) is 17.1. The van der Waals surface area contributed by atoms with E-state index in [2.05, 4.69) is 21.8 Å². The molecule has 2 atom stereocenters. The van der Waals surface area contributed by atoms with E-state index in [1.807, 2.05) is 18.2 Å². The summed E-state index contributed by atoms with van der Waals surface area (Å²) < 4.78 is 6.24. The lowest BCUT2D eigenvalue weighted by Gasteiger charge is -2.59. The van der Waals surface area contributed by atoms with Crippen LogP contribution in [-0.4, -0.2) is 36.4 Å². The normalized spacial score (nSPS) is 32.1. The summed E-state index contributed by atoms with van der Waals surface area (Å²) in [6, 6.07) is 8.74. The van der Waals surface area contributed by atoms with Crippen LogP contribution >= 0.6 is 11.6 Å². The van der Waals surface area contributed by atoms with Crippen molar-refractivity contribution in [3.8, 4) is 0 Å². The van der Waals surface area contributed by atoms with Crippen molar-refractivity contribution < 1.29 is 4.74 Å². The predicted octanol–water partition coefficient (Wildman–Crippen LogP) is 4.02. The lowest BCUT2D eigenvalue weighted by Crippen LogP contribution is -2.77. The molecule has 4 nitrogen and oxygen atoms in total. The molecule has 0 amide bonds. The fourth-order valence-electron chi connectivity index (χ4n) is 4.62. The van der Waals surface area contributed by atoms with E-state index in [9.17, 15) is 0 Å². The Morgan fingerprint density at radius 2 is 1.96 bits per heavy atom. The van der Waals surface area contributed by atoms with Crippen LogP contribution in [0.25, 0.3) is 0 Å². The van der Waals surface area contributed by atoms with Crippen LogP contribution in [0.1, 0.15) is 63.0 Å². The quantitative estimate of drug-likeness (QED) is 0.850. The lowest BCUT2D eigenvalue weighted by molar-refractivity contribution is -0.201. The van der Waals surface area contributed by atoms with Gasteiger partial charge in [0.15, 0.2) is 0 Å². The SMILES string of the molecule is Clc1cccc(C2OCCNC23CCN3NC2CCCCCCC2)c1. The van der Waals surface area contributed by atoms with Gasteiger partial charge in [-0.1, -0.05) is 55.8 Å². The Labute approximate surface area is 156 Å². The van der Waals surface area contributed by atoms with Crippen molar-refractivity contribution in [1.82, 2.24) is 15.8 Å². The van der Waals surface area contributed by atoms with E-state index in [1.54, 1.807) is 0 Å². The average Bonchev–Trinajstić information content (AvgIpc) is 2.60. The van der Waals surface area contributed by atoms with Gasteiger partial charge in [0, 0.05) is 24.2 Å². The Morgan fingerprint density at radius 3 is 2.68 bits per heavy atom. The molecule has 1 aliphatic carbocycles. The van der Waals surface area contributed by atoms with Gasteiger partial charge >= 0.3 is 0 Å². The first-order chi connectivity index (χ1) is 12.3. The van der Waals surface area contributed by atoms with E-state index < -0.39 is 0 Å². The topological polar surface area (TPSA) is 36.5 Å². The van der Waals surface area contributed by atoms with Crippen molar-refractivity contribution in [1.29, 1.82) is 0 Å². The molecule has 0 radical (unpaired) electrons. The third kappa shape index (κ3) is 3.74. The first kappa shape index (κ1) is 17.7. The summed E-state index contributed by atoms with van der Waals surface area (Å²) in [6.45, 7) is 2.72. The fraction of sp³-hybridized carbons (Fsp3) is 0.700. The van der Waals surface area contributed by atoms with Crippen LogP contribution in [0.2, 0.25) is 5.02 Å². The lowest BCUT2D eigenvalue weighted by atomic mass is 9.84. The minimum absolute atomic E-state index is 0.0229. The smallest absolute Gasteiger partial charge is 0.117 e. The molecule has 1 saturated carbocycles. The largest absolute Gasteiger partial charge is 0.369 e. The van der Waals surface area contributed by atoms with Gasteiger partial charge in [-0.3, -0.25) is 10.7 Å². The number of morpholine rings is 1. The Bertz CT molecular complexity index is 576. The molecule has 4 rings (SSSR count). The third-order valence-electron chi connectivity index (χ3n) is 6.04. The van der Waals surface area contributed by atoms with Gasteiger partial charge in [0.2, 0.25) is 0 Å². The molecule has 2 unspecified atom stereocenters. The van der Waals surface area contributed by atoms with Crippen LogP contribution in [0.3, 0.4) is 0 Å². The highest BCUT2D eigenvalue weighted by molar-refractivity contribution is 6.30. The van der Waals surface area contributed by atoms with E-state index in [4.69, 9.17) is 16.3 Å². The van der Waals surface area contributed by atoms with Crippen molar-refractivity contribution in [2.24, 2.45) is 0 Å². The second kappa shape index (κ2) is 7.93. The van der Waals surface area contributed by atoms with Crippen LogP contribution in [0.4, 0.5) is 0 Å². The summed E-state index contributed by atoms with van der Waals surface area (Å²) in [6.07, 6.45) is 10.6. The number of benzene rings is 1. The highest BCUT2D eigenvalue weighted by Crippen LogP contribution is 2.43. The molecule has 1 aromatic carbocycles. The first-order valence-corrected chi connectivity index (χ1v) is 10.3. The molecule has 1 aromatic rings. The predicted molar refractivity (Wildman–Crippen MR) is 101 cm³/mol. The molecule has 2 heterocycles. The number of hydrogen-bond acceptors (Lipinski definition) is 4.